The summed E-state index contributed by atoms with van der Waals surface area (Å²) in [6.45, 7) is 5.49. The summed E-state index contributed by atoms with van der Waals surface area (Å²) < 4.78 is 5.91. The van der Waals surface area contributed by atoms with Crippen molar-refractivity contribution in [2.45, 2.75) is 20.8 Å². The highest BCUT2D eigenvalue weighted by molar-refractivity contribution is 6.06. The molecule has 1 amide bonds. The molecule has 0 unspecified atom stereocenters. The van der Waals surface area contributed by atoms with E-state index in [0.717, 1.165) is 21.8 Å². The Balaban J connectivity index is 2.15. The van der Waals surface area contributed by atoms with Gasteiger partial charge in [0.05, 0.1) is 12.3 Å². The Morgan fingerprint density at radius 1 is 0.967 bits per heavy atom. The van der Waals surface area contributed by atoms with Gasteiger partial charge in [-0.05, 0) is 51.1 Å². The SMILES string of the molecule is CCOC(=O)c1cc(C(=O)Nc2ccc(C)cc2)c(=O)n(-c2ccc(C)cc2)c1O. The number of carbonyl (C=O) groups is 2. The number of hydrogen-bond acceptors (Lipinski definition) is 5. The van der Waals surface area contributed by atoms with Gasteiger partial charge < -0.3 is 15.2 Å². The topological polar surface area (TPSA) is 97.6 Å². The van der Waals surface area contributed by atoms with Gasteiger partial charge in [0.15, 0.2) is 0 Å². The molecule has 0 aliphatic rings. The summed E-state index contributed by atoms with van der Waals surface area (Å²) in [5.74, 6) is -2.12. The Kier molecular flexibility index (Phi) is 6.01. The fourth-order valence-electron chi connectivity index (χ4n) is 2.90. The number of hydrogen-bond donors (Lipinski definition) is 2. The van der Waals surface area contributed by atoms with E-state index in [1.54, 1.807) is 43.3 Å². The average Bonchev–Trinajstić information content (AvgIpc) is 2.71. The molecule has 2 aromatic carbocycles. The Morgan fingerprint density at radius 3 is 2.10 bits per heavy atom. The molecule has 154 valence electrons. The molecule has 0 bridgehead atoms. The zero-order chi connectivity index (χ0) is 21.8. The Morgan fingerprint density at radius 2 is 1.53 bits per heavy atom. The predicted molar refractivity (Wildman–Crippen MR) is 114 cm³/mol. The van der Waals surface area contributed by atoms with Crippen LogP contribution < -0.4 is 10.9 Å². The minimum atomic E-state index is -0.833. The van der Waals surface area contributed by atoms with Crippen molar-refractivity contribution in [1.29, 1.82) is 0 Å². The molecule has 0 radical (unpaired) electrons. The molecule has 3 rings (SSSR count). The molecule has 0 atom stereocenters. The smallest absolute Gasteiger partial charge is 0.343 e. The van der Waals surface area contributed by atoms with E-state index in [9.17, 15) is 19.5 Å². The highest BCUT2D eigenvalue weighted by atomic mass is 16.5. The predicted octanol–water partition coefficient (Wildman–Crippen LogP) is 3.59. The van der Waals surface area contributed by atoms with E-state index in [2.05, 4.69) is 5.32 Å². The van der Waals surface area contributed by atoms with E-state index in [4.69, 9.17) is 4.74 Å². The standard InChI is InChI=1S/C23H22N2O5/c1-4-30-23(29)19-13-18(20(26)24-16-9-5-14(2)6-10-16)21(27)25(22(19)28)17-11-7-15(3)8-12-17/h5-13,28H,4H2,1-3H3,(H,24,26). The second-order valence-corrected chi connectivity index (χ2v) is 6.81. The number of ether oxygens (including phenoxy) is 1. The molecule has 0 aliphatic heterocycles. The zero-order valence-corrected chi connectivity index (χ0v) is 16.9. The van der Waals surface area contributed by atoms with E-state index in [0.29, 0.717) is 11.4 Å². The molecular weight excluding hydrogens is 384 g/mol. The van der Waals surface area contributed by atoms with Crippen LogP contribution in [0.15, 0.2) is 59.4 Å². The lowest BCUT2D eigenvalue weighted by Gasteiger charge is -2.15. The summed E-state index contributed by atoms with van der Waals surface area (Å²) in [5, 5.41) is 13.3. The highest BCUT2D eigenvalue weighted by Gasteiger charge is 2.24. The average molecular weight is 406 g/mol. The first kappa shape index (κ1) is 20.9. The maximum absolute atomic E-state index is 13.1. The lowest BCUT2D eigenvalue weighted by molar-refractivity contribution is 0.0521. The Labute approximate surface area is 173 Å². The van der Waals surface area contributed by atoms with Crippen LogP contribution in [0.4, 0.5) is 5.69 Å². The molecule has 0 aliphatic carbocycles. The van der Waals surface area contributed by atoms with Gasteiger partial charge in [-0.3, -0.25) is 9.59 Å². The van der Waals surface area contributed by atoms with Gasteiger partial charge in [0.25, 0.3) is 11.5 Å². The first-order chi connectivity index (χ1) is 14.3. The minimum Gasteiger partial charge on any atom is -0.494 e. The van der Waals surface area contributed by atoms with E-state index in [1.807, 2.05) is 26.0 Å². The number of carbonyl (C=O) groups excluding carboxylic acids is 2. The van der Waals surface area contributed by atoms with Crippen molar-refractivity contribution in [3.63, 3.8) is 0 Å². The van der Waals surface area contributed by atoms with Crippen LogP contribution in [0.5, 0.6) is 5.88 Å². The van der Waals surface area contributed by atoms with Gasteiger partial charge in [-0.15, -0.1) is 0 Å². The van der Waals surface area contributed by atoms with Crippen LogP contribution in [-0.2, 0) is 4.74 Å². The lowest BCUT2D eigenvalue weighted by atomic mass is 10.1. The molecule has 0 saturated heterocycles. The first-order valence-electron chi connectivity index (χ1n) is 9.43. The van der Waals surface area contributed by atoms with Crippen molar-refractivity contribution in [2.75, 3.05) is 11.9 Å². The van der Waals surface area contributed by atoms with Crippen LogP contribution >= 0.6 is 0 Å². The summed E-state index contributed by atoms with van der Waals surface area (Å²) >= 11 is 0. The number of nitrogens with zero attached hydrogens (tertiary/aromatic N) is 1. The summed E-state index contributed by atoms with van der Waals surface area (Å²) in [5.41, 5.74) is 1.46. The monoisotopic (exact) mass is 406 g/mol. The van der Waals surface area contributed by atoms with Gasteiger partial charge in [0.1, 0.15) is 11.1 Å². The first-order valence-corrected chi connectivity index (χ1v) is 9.43. The third-order valence-corrected chi connectivity index (χ3v) is 4.52. The fraction of sp³-hybridized carbons (Fsp3) is 0.174. The maximum Gasteiger partial charge on any atom is 0.343 e. The van der Waals surface area contributed by atoms with Crippen LogP contribution in [0.25, 0.3) is 5.69 Å². The number of nitrogens with one attached hydrogen (secondary N) is 1. The number of amides is 1. The Hall–Kier alpha value is -3.87. The molecule has 1 heterocycles. The van der Waals surface area contributed by atoms with Crippen molar-refractivity contribution < 1.29 is 19.4 Å². The van der Waals surface area contributed by atoms with Gasteiger partial charge in [0.2, 0.25) is 5.88 Å². The summed E-state index contributed by atoms with van der Waals surface area (Å²) in [4.78, 5) is 38.3. The van der Waals surface area contributed by atoms with Crippen LogP contribution in [0.2, 0.25) is 0 Å². The number of aryl methyl sites for hydroxylation is 2. The van der Waals surface area contributed by atoms with Crippen LogP contribution in [0.1, 0.15) is 38.8 Å². The van der Waals surface area contributed by atoms with E-state index < -0.39 is 23.3 Å². The molecule has 7 heteroatoms. The molecule has 1 aromatic heterocycles. The highest BCUT2D eigenvalue weighted by Crippen LogP contribution is 2.22. The largest absolute Gasteiger partial charge is 0.494 e. The minimum absolute atomic E-state index is 0.0762. The molecule has 30 heavy (non-hydrogen) atoms. The lowest BCUT2D eigenvalue weighted by Crippen LogP contribution is -2.30. The number of benzene rings is 2. The molecule has 3 aromatic rings. The summed E-state index contributed by atoms with van der Waals surface area (Å²) in [6.07, 6.45) is 0. The number of aromatic hydroxyl groups is 1. The van der Waals surface area contributed by atoms with Crippen LogP contribution in [-0.4, -0.2) is 28.2 Å². The van der Waals surface area contributed by atoms with Crippen LogP contribution in [0.3, 0.4) is 0 Å². The molecule has 0 spiro atoms. The molecule has 7 nitrogen and oxygen atoms in total. The quantitative estimate of drug-likeness (QED) is 0.631. The van der Waals surface area contributed by atoms with Crippen molar-refractivity contribution in [3.05, 3.63) is 87.2 Å². The number of anilines is 1. The van der Waals surface area contributed by atoms with E-state index >= 15 is 0 Å². The summed E-state index contributed by atoms with van der Waals surface area (Å²) in [6, 6.07) is 14.9. The van der Waals surface area contributed by atoms with Crippen molar-refractivity contribution in [2.24, 2.45) is 0 Å². The van der Waals surface area contributed by atoms with Crippen LogP contribution in [0, 0.1) is 13.8 Å². The number of pyridine rings is 1. The Bertz CT molecular complexity index is 1150. The fourth-order valence-corrected chi connectivity index (χ4v) is 2.90. The second kappa shape index (κ2) is 8.65. The van der Waals surface area contributed by atoms with Gasteiger partial charge in [-0.2, -0.15) is 0 Å². The third kappa shape index (κ3) is 4.25. The molecular formula is C23H22N2O5. The van der Waals surface area contributed by atoms with E-state index in [-0.39, 0.29) is 17.7 Å². The van der Waals surface area contributed by atoms with Crippen molar-refractivity contribution in [1.82, 2.24) is 4.57 Å². The third-order valence-electron chi connectivity index (χ3n) is 4.52. The van der Waals surface area contributed by atoms with Crippen molar-refractivity contribution in [3.8, 4) is 11.6 Å². The number of rotatable bonds is 5. The molecule has 2 N–H and O–H groups in total. The van der Waals surface area contributed by atoms with Gasteiger partial charge in [0, 0.05) is 5.69 Å². The number of esters is 1. The van der Waals surface area contributed by atoms with E-state index in [1.165, 1.54) is 0 Å². The zero-order valence-electron chi connectivity index (χ0n) is 16.9. The second-order valence-electron chi connectivity index (χ2n) is 6.81. The summed E-state index contributed by atoms with van der Waals surface area (Å²) in [7, 11) is 0. The number of aromatic nitrogens is 1. The van der Waals surface area contributed by atoms with Gasteiger partial charge in [-0.1, -0.05) is 35.4 Å². The maximum atomic E-state index is 13.1. The van der Waals surface area contributed by atoms with Crippen molar-refractivity contribution >= 4 is 17.6 Å². The molecule has 0 saturated carbocycles. The normalized spacial score (nSPS) is 10.5. The van der Waals surface area contributed by atoms with Gasteiger partial charge in [-0.25, -0.2) is 9.36 Å². The van der Waals surface area contributed by atoms with Gasteiger partial charge >= 0.3 is 5.97 Å². The molecule has 0 fully saturated rings.